The first-order chi connectivity index (χ1) is 9.86. The molecule has 0 atom stereocenters. The topological polar surface area (TPSA) is 24.4 Å². The molecule has 3 rings (SSSR count). The van der Waals surface area contributed by atoms with Gasteiger partial charge in [0.1, 0.15) is 0 Å². The molecule has 114 valence electrons. The highest BCUT2D eigenvalue weighted by atomic mass is 32.2. The summed E-state index contributed by atoms with van der Waals surface area (Å²) in [5.74, 6) is 1.31. The highest BCUT2D eigenvalue weighted by molar-refractivity contribution is 8.13. The second-order valence-electron chi connectivity index (χ2n) is 7.16. The van der Waals surface area contributed by atoms with Gasteiger partial charge in [0.2, 0.25) is 0 Å². The van der Waals surface area contributed by atoms with E-state index in [2.05, 4.69) is 5.32 Å². The Morgan fingerprint density at radius 3 is 2.20 bits per heavy atom. The molecule has 2 aliphatic carbocycles. The summed E-state index contributed by atoms with van der Waals surface area (Å²) in [6.07, 6.45) is 17.0. The van der Waals surface area contributed by atoms with Crippen molar-refractivity contribution in [3.63, 3.8) is 0 Å². The Bertz CT molecular complexity index is 326. The summed E-state index contributed by atoms with van der Waals surface area (Å²) in [5.41, 5.74) is 0.565. The van der Waals surface area contributed by atoms with Gasteiger partial charge >= 0.3 is 0 Å². The molecule has 2 fully saturated rings. The predicted molar refractivity (Wildman–Crippen MR) is 89.5 cm³/mol. The molecular weight excluding hydrogens is 264 g/mol. The molecule has 0 unspecified atom stereocenters. The average Bonchev–Trinajstić information content (AvgIpc) is 2.45. The third-order valence-electron chi connectivity index (χ3n) is 5.42. The number of hydrogen-bond donors (Lipinski definition) is 1. The van der Waals surface area contributed by atoms with Crippen LogP contribution >= 0.6 is 11.8 Å². The van der Waals surface area contributed by atoms with Gasteiger partial charge in [-0.05, 0) is 31.1 Å². The first-order valence-electron chi connectivity index (χ1n) is 8.80. The standard InChI is InChI=1S/C17H30N2S/c1-2-5-9-15(10-6-3-1)19-16-18-13-17(14-20-16)11-7-4-8-12-17/h15H,1-14H2,(H,18,19). The lowest BCUT2D eigenvalue weighted by molar-refractivity contribution is 0.232. The van der Waals surface area contributed by atoms with Crippen molar-refractivity contribution in [1.29, 1.82) is 0 Å². The maximum Gasteiger partial charge on any atom is 0.156 e. The van der Waals surface area contributed by atoms with Crippen LogP contribution < -0.4 is 5.32 Å². The van der Waals surface area contributed by atoms with Crippen LogP contribution in [-0.2, 0) is 0 Å². The van der Waals surface area contributed by atoms with Crippen molar-refractivity contribution in [2.45, 2.75) is 83.1 Å². The molecular formula is C17H30N2S. The summed E-state index contributed by atoms with van der Waals surface area (Å²) in [4.78, 5) is 4.92. The van der Waals surface area contributed by atoms with E-state index in [9.17, 15) is 0 Å². The highest BCUT2D eigenvalue weighted by Crippen LogP contribution is 2.41. The highest BCUT2D eigenvalue weighted by Gasteiger charge is 2.35. The summed E-state index contributed by atoms with van der Waals surface area (Å²) in [5, 5.41) is 5.02. The zero-order valence-electron chi connectivity index (χ0n) is 12.8. The Morgan fingerprint density at radius 2 is 1.55 bits per heavy atom. The molecule has 1 heterocycles. The molecule has 0 aromatic heterocycles. The molecule has 1 aliphatic heterocycles. The fourth-order valence-electron chi connectivity index (χ4n) is 4.02. The molecule has 0 radical (unpaired) electrons. The van der Waals surface area contributed by atoms with Crippen molar-refractivity contribution in [3.8, 4) is 0 Å². The summed E-state index contributed by atoms with van der Waals surface area (Å²) >= 11 is 2.01. The molecule has 3 heteroatoms. The van der Waals surface area contributed by atoms with E-state index in [0.29, 0.717) is 11.5 Å². The minimum absolute atomic E-state index is 0.565. The average molecular weight is 295 g/mol. The van der Waals surface area contributed by atoms with Gasteiger partial charge in [-0.2, -0.15) is 0 Å². The third-order valence-corrected chi connectivity index (χ3v) is 6.70. The van der Waals surface area contributed by atoms with Crippen LogP contribution in [0.3, 0.4) is 0 Å². The zero-order valence-corrected chi connectivity index (χ0v) is 13.6. The van der Waals surface area contributed by atoms with Crippen molar-refractivity contribution >= 4 is 16.9 Å². The van der Waals surface area contributed by atoms with Crippen molar-refractivity contribution in [2.75, 3.05) is 12.3 Å². The van der Waals surface area contributed by atoms with Crippen LogP contribution in [0.15, 0.2) is 4.99 Å². The second kappa shape index (κ2) is 7.20. The van der Waals surface area contributed by atoms with Crippen molar-refractivity contribution in [3.05, 3.63) is 0 Å². The Labute approximate surface area is 128 Å². The molecule has 0 bridgehead atoms. The lowest BCUT2D eigenvalue weighted by Gasteiger charge is -2.39. The fourth-order valence-corrected chi connectivity index (χ4v) is 5.25. The fraction of sp³-hybridized carbons (Fsp3) is 0.941. The van der Waals surface area contributed by atoms with Gasteiger partial charge in [-0.15, -0.1) is 0 Å². The van der Waals surface area contributed by atoms with Crippen molar-refractivity contribution < 1.29 is 0 Å². The van der Waals surface area contributed by atoms with Crippen LogP contribution in [0.25, 0.3) is 0 Å². The third kappa shape index (κ3) is 3.93. The number of amidine groups is 1. The van der Waals surface area contributed by atoms with E-state index in [1.165, 1.54) is 88.0 Å². The molecule has 0 aromatic rings. The smallest absolute Gasteiger partial charge is 0.156 e. The van der Waals surface area contributed by atoms with Crippen LogP contribution in [-0.4, -0.2) is 23.5 Å². The molecule has 1 spiro atoms. The largest absolute Gasteiger partial charge is 0.362 e. The number of aliphatic imine (C=N–C) groups is 1. The lowest BCUT2D eigenvalue weighted by atomic mass is 9.75. The number of hydrogen-bond acceptors (Lipinski definition) is 3. The van der Waals surface area contributed by atoms with E-state index >= 15 is 0 Å². The van der Waals surface area contributed by atoms with Gasteiger partial charge in [-0.3, -0.25) is 4.99 Å². The Kier molecular flexibility index (Phi) is 5.30. The number of nitrogens with one attached hydrogen (secondary N) is 1. The Balaban J connectivity index is 1.50. The molecule has 20 heavy (non-hydrogen) atoms. The minimum Gasteiger partial charge on any atom is -0.362 e. The van der Waals surface area contributed by atoms with Gasteiger partial charge in [0.15, 0.2) is 5.17 Å². The Morgan fingerprint density at radius 1 is 0.900 bits per heavy atom. The summed E-state index contributed by atoms with van der Waals surface area (Å²) in [7, 11) is 0. The number of rotatable bonds is 1. The normalized spacial score (nSPS) is 28.5. The number of thioether (sulfide) groups is 1. The molecule has 3 aliphatic rings. The van der Waals surface area contributed by atoms with Crippen LogP contribution in [0, 0.1) is 5.41 Å². The maximum absolute atomic E-state index is 4.92. The van der Waals surface area contributed by atoms with Gasteiger partial charge in [-0.1, -0.05) is 63.1 Å². The van der Waals surface area contributed by atoms with Crippen LogP contribution in [0.5, 0.6) is 0 Å². The Hall–Kier alpha value is -0.180. The molecule has 0 saturated heterocycles. The van der Waals surface area contributed by atoms with Crippen LogP contribution in [0.2, 0.25) is 0 Å². The lowest BCUT2D eigenvalue weighted by Crippen LogP contribution is -2.40. The zero-order chi connectivity index (χ0) is 13.7. The molecule has 0 amide bonds. The molecule has 1 N–H and O–H groups in total. The van der Waals surface area contributed by atoms with Gasteiger partial charge in [0.05, 0.1) is 0 Å². The summed E-state index contributed by atoms with van der Waals surface area (Å²) in [6.45, 7) is 1.09. The van der Waals surface area contributed by atoms with E-state index in [4.69, 9.17) is 4.99 Å². The van der Waals surface area contributed by atoms with E-state index in [-0.39, 0.29) is 0 Å². The van der Waals surface area contributed by atoms with Gasteiger partial charge in [0, 0.05) is 18.3 Å². The summed E-state index contributed by atoms with van der Waals surface area (Å²) < 4.78 is 0. The minimum atomic E-state index is 0.565. The monoisotopic (exact) mass is 294 g/mol. The van der Waals surface area contributed by atoms with Crippen LogP contribution in [0.1, 0.15) is 77.0 Å². The van der Waals surface area contributed by atoms with Gasteiger partial charge < -0.3 is 5.32 Å². The van der Waals surface area contributed by atoms with E-state index in [1.807, 2.05) is 11.8 Å². The first kappa shape index (κ1) is 14.7. The van der Waals surface area contributed by atoms with Gasteiger partial charge in [-0.25, -0.2) is 0 Å². The quantitative estimate of drug-likeness (QED) is 0.755. The molecule has 2 nitrogen and oxygen atoms in total. The maximum atomic E-state index is 4.92. The van der Waals surface area contributed by atoms with Crippen LogP contribution in [0.4, 0.5) is 0 Å². The first-order valence-corrected chi connectivity index (χ1v) is 9.79. The molecule has 2 saturated carbocycles. The van der Waals surface area contributed by atoms with Gasteiger partial charge in [0.25, 0.3) is 0 Å². The van der Waals surface area contributed by atoms with Crippen molar-refractivity contribution in [2.24, 2.45) is 10.4 Å². The van der Waals surface area contributed by atoms with E-state index < -0.39 is 0 Å². The van der Waals surface area contributed by atoms with E-state index in [1.54, 1.807) is 0 Å². The summed E-state index contributed by atoms with van der Waals surface area (Å²) in [6, 6.07) is 0.696. The van der Waals surface area contributed by atoms with E-state index in [0.717, 1.165) is 6.54 Å². The van der Waals surface area contributed by atoms with Crippen molar-refractivity contribution in [1.82, 2.24) is 5.32 Å². The predicted octanol–water partition coefficient (Wildman–Crippen LogP) is 4.74. The molecule has 0 aromatic carbocycles. The SMILES string of the molecule is C1CCCC(NC2=NCC3(CCCCC3)CS2)CCC1. The second-order valence-corrected chi connectivity index (χ2v) is 8.12. The number of nitrogens with zero attached hydrogens (tertiary/aromatic N) is 1.